The van der Waals surface area contributed by atoms with Crippen LogP contribution in [0, 0.1) is 6.92 Å². The zero-order chi connectivity index (χ0) is 12.4. The zero-order valence-corrected chi connectivity index (χ0v) is 10.0. The van der Waals surface area contributed by atoms with Gasteiger partial charge in [0.05, 0.1) is 5.52 Å². The molecule has 17 heavy (non-hydrogen) atoms. The molecule has 4 heteroatoms. The van der Waals surface area contributed by atoms with Crippen molar-refractivity contribution in [2.24, 2.45) is 0 Å². The van der Waals surface area contributed by atoms with E-state index in [1.165, 1.54) is 6.07 Å². The summed E-state index contributed by atoms with van der Waals surface area (Å²) in [5.74, 6) is 0.157. The van der Waals surface area contributed by atoms with E-state index in [1.807, 2.05) is 26.0 Å². The molecular weight excluding hydrogens is 216 g/mol. The first kappa shape index (κ1) is 11.7. The van der Waals surface area contributed by atoms with Gasteiger partial charge in [-0.2, -0.15) is 0 Å². The van der Waals surface area contributed by atoms with Crippen LogP contribution >= 0.6 is 0 Å². The maximum Gasteiger partial charge on any atom is 0.248 e. The Bertz CT molecular complexity index is 602. The summed E-state index contributed by atoms with van der Waals surface area (Å²) in [6.45, 7) is 5.29. The van der Waals surface area contributed by atoms with Crippen LogP contribution in [-0.2, 0) is 6.54 Å². The second-order valence-corrected chi connectivity index (χ2v) is 4.09. The highest BCUT2D eigenvalue weighted by Crippen LogP contribution is 2.27. The molecule has 0 amide bonds. The Kier molecular flexibility index (Phi) is 3.15. The van der Waals surface area contributed by atoms with Crippen LogP contribution < -0.4 is 10.9 Å². The van der Waals surface area contributed by atoms with Crippen molar-refractivity contribution in [1.82, 2.24) is 10.3 Å². The maximum atomic E-state index is 11.4. The molecule has 0 fully saturated rings. The summed E-state index contributed by atoms with van der Waals surface area (Å²) in [6, 6.07) is 5.34. The Labute approximate surface area is 99.3 Å². The van der Waals surface area contributed by atoms with E-state index < -0.39 is 0 Å². The molecule has 0 atom stereocenters. The number of rotatable bonds is 3. The summed E-state index contributed by atoms with van der Waals surface area (Å²) in [5.41, 5.74) is 1.99. The lowest BCUT2D eigenvalue weighted by atomic mass is 10.1. The van der Waals surface area contributed by atoms with Crippen LogP contribution in [-0.4, -0.2) is 16.6 Å². The number of fused-ring (bicyclic) bond motifs is 1. The van der Waals surface area contributed by atoms with Crippen molar-refractivity contribution < 1.29 is 5.11 Å². The fourth-order valence-corrected chi connectivity index (χ4v) is 1.93. The molecule has 1 aromatic carbocycles. The van der Waals surface area contributed by atoms with E-state index >= 15 is 0 Å². The summed E-state index contributed by atoms with van der Waals surface area (Å²) in [4.78, 5) is 14.1. The van der Waals surface area contributed by atoms with Gasteiger partial charge in [0.25, 0.3) is 0 Å². The van der Waals surface area contributed by atoms with Crippen molar-refractivity contribution in [2.45, 2.75) is 20.4 Å². The van der Waals surface area contributed by atoms with Crippen molar-refractivity contribution in [3.8, 4) is 5.75 Å². The molecule has 4 nitrogen and oxygen atoms in total. The van der Waals surface area contributed by atoms with Gasteiger partial charge in [0.2, 0.25) is 5.56 Å². The van der Waals surface area contributed by atoms with Gasteiger partial charge in [-0.25, -0.2) is 0 Å². The number of phenolic OH excluding ortho intramolecular Hbond substituents is 1. The minimum absolute atomic E-state index is 0.157. The van der Waals surface area contributed by atoms with Crippen LogP contribution in [0.5, 0.6) is 5.75 Å². The van der Waals surface area contributed by atoms with Crippen molar-refractivity contribution in [3.05, 3.63) is 39.7 Å². The molecule has 2 aromatic rings. The topological polar surface area (TPSA) is 65.1 Å². The third-order valence-electron chi connectivity index (χ3n) is 2.85. The molecule has 90 valence electrons. The van der Waals surface area contributed by atoms with Crippen LogP contribution in [0.15, 0.2) is 23.0 Å². The normalized spacial score (nSPS) is 10.9. The molecule has 1 heterocycles. The van der Waals surface area contributed by atoms with Gasteiger partial charge in [-0.15, -0.1) is 0 Å². The van der Waals surface area contributed by atoms with E-state index in [2.05, 4.69) is 10.3 Å². The second-order valence-electron chi connectivity index (χ2n) is 4.09. The zero-order valence-electron chi connectivity index (χ0n) is 10.0. The highest BCUT2D eigenvalue weighted by molar-refractivity contribution is 5.87. The Morgan fingerprint density at radius 1 is 1.41 bits per heavy atom. The van der Waals surface area contributed by atoms with Crippen molar-refractivity contribution in [3.63, 3.8) is 0 Å². The van der Waals surface area contributed by atoms with E-state index in [9.17, 15) is 9.90 Å². The number of aromatic amines is 1. The highest BCUT2D eigenvalue weighted by Gasteiger charge is 2.08. The number of hydrogen-bond acceptors (Lipinski definition) is 3. The van der Waals surface area contributed by atoms with Gasteiger partial charge in [0.15, 0.2) is 0 Å². The number of phenols is 1. The number of H-pyrrole nitrogens is 1. The van der Waals surface area contributed by atoms with Gasteiger partial charge in [-0.05, 0) is 19.0 Å². The van der Waals surface area contributed by atoms with Crippen molar-refractivity contribution >= 4 is 10.9 Å². The number of aromatic nitrogens is 1. The predicted molar refractivity (Wildman–Crippen MR) is 68.4 cm³/mol. The predicted octanol–water partition coefficient (Wildman–Crippen LogP) is 1.65. The molecule has 0 saturated carbocycles. The number of benzene rings is 1. The molecule has 0 bridgehead atoms. The molecule has 1 aromatic heterocycles. The maximum absolute atomic E-state index is 11.4. The first-order chi connectivity index (χ1) is 8.13. The fourth-order valence-electron chi connectivity index (χ4n) is 1.93. The van der Waals surface area contributed by atoms with E-state index in [4.69, 9.17) is 0 Å². The van der Waals surface area contributed by atoms with Gasteiger partial charge < -0.3 is 15.4 Å². The Morgan fingerprint density at radius 3 is 2.88 bits per heavy atom. The molecule has 2 rings (SSSR count). The van der Waals surface area contributed by atoms with Crippen molar-refractivity contribution in [1.29, 1.82) is 0 Å². The van der Waals surface area contributed by atoms with Crippen LogP contribution in [0.25, 0.3) is 10.9 Å². The average molecular weight is 232 g/mol. The van der Waals surface area contributed by atoms with Gasteiger partial charge in [-0.1, -0.05) is 19.1 Å². The molecule has 0 unspecified atom stereocenters. The summed E-state index contributed by atoms with van der Waals surface area (Å²) < 4.78 is 0. The lowest BCUT2D eigenvalue weighted by Gasteiger charge is -2.09. The monoisotopic (exact) mass is 232 g/mol. The Morgan fingerprint density at radius 2 is 2.18 bits per heavy atom. The van der Waals surface area contributed by atoms with Gasteiger partial charge in [-0.3, -0.25) is 4.79 Å². The summed E-state index contributed by atoms with van der Waals surface area (Å²) in [5, 5.41) is 14.1. The minimum Gasteiger partial charge on any atom is -0.505 e. The quantitative estimate of drug-likeness (QED) is 0.754. The number of aromatic hydroxyl groups is 1. The van der Waals surface area contributed by atoms with Crippen LogP contribution in [0.2, 0.25) is 0 Å². The van der Waals surface area contributed by atoms with E-state index in [0.29, 0.717) is 12.1 Å². The second kappa shape index (κ2) is 4.59. The third kappa shape index (κ3) is 2.17. The molecular formula is C13H16N2O2. The smallest absolute Gasteiger partial charge is 0.248 e. The lowest BCUT2D eigenvalue weighted by Crippen LogP contribution is -2.12. The Balaban J connectivity index is 2.62. The number of pyridine rings is 1. The standard InChI is InChI=1S/C13H16N2O2/c1-3-14-7-9-4-5-10-8(2)6-11(16)15-12(10)13(9)17/h4-6,14,17H,3,7H2,1-2H3,(H,15,16). The van der Waals surface area contributed by atoms with E-state index in [-0.39, 0.29) is 11.3 Å². The largest absolute Gasteiger partial charge is 0.505 e. The summed E-state index contributed by atoms with van der Waals surface area (Å²) in [7, 11) is 0. The number of aryl methyl sites for hydroxylation is 1. The van der Waals surface area contributed by atoms with Crippen LogP contribution in [0.3, 0.4) is 0 Å². The average Bonchev–Trinajstić information content (AvgIpc) is 2.29. The molecule has 3 N–H and O–H groups in total. The molecule has 0 aliphatic rings. The first-order valence-electron chi connectivity index (χ1n) is 5.68. The van der Waals surface area contributed by atoms with E-state index in [1.54, 1.807) is 0 Å². The number of hydrogen-bond donors (Lipinski definition) is 3. The van der Waals surface area contributed by atoms with E-state index in [0.717, 1.165) is 23.1 Å². The fraction of sp³-hybridized carbons (Fsp3) is 0.308. The van der Waals surface area contributed by atoms with Crippen LogP contribution in [0.4, 0.5) is 0 Å². The molecule has 0 aliphatic carbocycles. The van der Waals surface area contributed by atoms with Gasteiger partial charge in [0, 0.05) is 23.6 Å². The SMILES string of the molecule is CCNCc1ccc2c(C)cc(=O)[nH]c2c1O. The molecule has 0 saturated heterocycles. The summed E-state index contributed by atoms with van der Waals surface area (Å²) in [6.07, 6.45) is 0. The van der Waals surface area contributed by atoms with Gasteiger partial charge in [0.1, 0.15) is 5.75 Å². The lowest BCUT2D eigenvalue weighted by molar-refractivity contribution is 0.470. The molecule has 0 spiro atoms. The Hall–Kier alpha value is -1.81. The first-order valence-corrected chi connectivity index (χ1v) is 5.68. The third-order valence-corrected chi connectivity index (χ3v) is 2.85. The number of nitrogens with one attached hydrogen (secondary N) is 2. The summed E-state index contributed by atoms with van der Waals surface area (Å²) >= 11 is 0. The minimum atomic E-state index is -0.189. The molecule has 0 aliphatic heterocycles. The van der Waals surface area contributed by atoms with Crippen molar-refractivity contribution in [2.75, 3.05) is 6.54 Å². The highest BCUT2D eigenvalue weighted by atomic mass is 16.3. The van der Waals surface area contributed by atoms with Crippen LogP contribution in [0.1, 0.15) is 18.1 Å². The molecule has 0 radical (unpaired) electrons. The van der Waals surface area contributed by atoms with Gasteiger partial charge >= 0.3 is 0 Å².